The second kappa shape index (κ2) is 7.90. The molecule has 0 radical (unpaired) electrons. The molecule has 2 aromatic carbocycles. The van der Waals surface area contributed by atoms with E-state index >= 15 is 0 Å². The first-order chi connectivity index (χ1) is 13.6. The smallest absolute Gasteiger partial charge is 0.290 e. The zero-order valence-corrected chi connectivity index (χ0v) is 15.8. The van der Waals surface area contributed by atoms with Crippen LogP contribution in [0.25, 0.3) is 0 Å². The van der Waals surface area contributed by atoms with Crippen LogP contribution in [-0.2, 0) is 19.6 Å². The van der Waals surface area contributed by atoms with Gasteiger partial charge in [0.05, 0.1) is 0 Å². The van der Waals surface area contributed by atoms with Gasteiger partial charge in [0, 0.05) is 24.2 Å². The molecule has 0 fully saturated rings. The monoisotopic (exact) mass is 395 g/mol. The molecule has 3 aromatic rings. The van der Waals surface area contributed by atoms with Gasteiger partial charge in [0.1, 0.15) is 12.9 Å². The van der Waals surface area contributed by atoms with Crippen LogP contribution in [-0.4, -0.2) is 17.4 Å². The van der Waals surface area contributed by atoms with Crippen molar-refractivity contribution < 1.29 is 13.9 Å². The number of carbonyl (C=O) groups is 1. The highest BCUT2D eigenvalue weighted by atomic mass is 35.5. The van der Waals surface area contributed by atoms with Gasteiger partial charge in [-0.3, -0.25) is 9.59 Å². The van der Waals surface area contributed by atoms with Crippen LogP contribution in [0.15, 0.2) is 70.1 Å². The summed E-state index contributed by atoms with van der Waals surface area (Å²) in [5.74, 6) is -0.213. The van der Waals surface area contributed by atoms with Crippen LogP contribution in [0.4, 0.5) is 0 Å². The summed E-state index contributed by atoms with van der Waals surface area (Å²) in [5.41, 5.74) is 2.85. The van der Waals surface area contributed by atoms with Crippen LogP contribution in [0.5, 0.6) is 5.75 Å². The summed E-state index contributed by atoms with van der Waals surface area (Å²) < 4.78 is 10.9. The van der Waals surface area contributed by atoms with Crippen LogP contribution in [0, 0.1) is 0 Å². The normalized spacial score (nSPS) is 13.1. The van der Waals surface area contributed by atoms with Crippen LogP contribution < -0.4 is 10.2 Å². The molecule has 4 rings (SSSR count). The zero-order chi connectivity index (χ0) is 19.5. The van der Waals surface area contributed by atoms with Crippen molar-refractivity contribution in [2.24, 2.45) is 0 Å². The fourth-order valence-corrected chi connectivity index (χ4v) is 3.31. The number of rotatable bonds is 4. The minimum absolute atomic E-state index is 0.0169. The van der Waals surface area contributed by atoms with E-state index in [1.165, 1.54) is 17.9 Å². The summed E-state index contributed by atoms with van der Waals surface area (Å²) in [6.45, 7) is 1.31. The maximum absolute atomic E-state index is 12.7. The van der Waals surface area contributed by atoms with E-state index in [2.05, 4.69) is 6.07 Å². The number of ether oxygens (including phenoxy) is 1. The average molecular weight is 396 g/mol. The SMILES string of the molecule is O=C(c1cc(=O)c(OCc2ccc(Cl)cc2)co1)N1CCc2ccccc2C1. The van der Waals surface area contributed by atoms with Gasteiger partial charge in [0.2, 0.25) is 11.2 Å². The highest BCUT2D eigenvalue weighted by molar-refractivity contribution is 6.30. The molecular formula is C22H18ClNO4. The molecule has 0 N–H and O–H groups in total. The minimum atomic E-state index is -0.388. The van der Waals surface area contributed by atoms with E-state index in [4.69, 9.17) is 20.8 Å². The topological polar surface area (TPSA) is 59.8 Å². The molecule has 0 spiro atoms. The van der Waals surface area contributed by atoms with Crippen molar-refractivity contribution in [3.05, 3.63) is 98.6 Å². The van der Waals surface area contributed by atoms with Crippen LogP contribution in [0.3, 0.4) is 0 Å². The van der Waals surface area contributed by atoms with Gasteiger partial charge in [-0.15, -0.1) is 0 Å². The van der Waals surface area contributed by atoms with Crippen LogP contribution in [0.2, 0.25) is 5.02 Å². The molecule has 0 saturated carbocycles. The summed E-state index contributed by atoms with van der Waals surface area (Å²) in [7, 11) is 0. The molecule has 1 aliphatic rings. The molecule has 6 heteroatoms. The Hall–Kier alpha value is -3.05. The van der Waals surface area contributed by atoms with Crippen molar-refractivity contribution in [1.82, 2.24) is 4.90 Å². The molecule has 0 unspecified atom stereocenters. The van der Waals surface area contributed by atoms with Gasteiger partial charge in [-0.05, 0) is 35.2 Å². The first-order valence-corrected chi connectivity index (χ1v) is 9.34. The van der Waals surface area contributed by atoms with Gasteiger partial charge in [0.15, 0.2) is 5.76 Å². The highest BCUT2D eigenvalue weighted by Crippen LogP contribution is 2.20. The lowest BCUT2D eigenvalue weighted by Crippen LogP contribution is -2.36. The van der Waals surface area contributed by atoms with Crippen LogP contribution in [0.1, 0.15) is 27.2 Å². The first-order valence-electron chi connectivity index (χ1n) is 8.96. The minimum Gasteiger partial charge on any atom is -0.482 e. The molecule has 1 aliphatic heterocycles. The molecule has 0 atom stereocenters. The maximum atomic E-state index is 12.7. The first kappa shape index (κ1) is 18.3. The Labute approximate surface area is 167 Å². The highest BCUT2D eigenvalue weighted by Gasteiger charge is 2.23. The van der Waals surface area contributed by atoms with Gasteiger partial charge in [-0.2, -0.15) is 0 Å². The Kier molecular flexibility index (Phi) is 5.17. The number of hydrogen-bond acceptors (Lipinski definition) is 4. The van der Waals surface area contributed by atoms with E-state index in [-0.39, 0.29) is 29.5 Å². The summed E-state index contributed by atoms with van der Waals surface area (Å²) in [5, 5.41) is 0.631. The van der Waals surface area contributed by atoms with E-state index in [0.717, 1.165) is 17.5 Å². The predicted octanol–water partition coefficient (Wildman–Crippen LogP) is 4.07. The van der Waals surface area contributed by atoms with E-state index in [9.17, 15) is 9.59 Å². The van der Waals surface area contributed by atoms with Crippen molar-refractivity contribution in [3.8, 4) is 5.75 Å². The largest absolute Gasteiger partial charge is 0.482 e. The number of benzene rings is 2. The van der Waals surface area contributed by atoms with Crippen molar-refractivity contribution in [1.29, 1.82) is 0 Å². The molecule has 1 aromatic heterocycles. The van der Waals surface area contributed by atoms with Crippen molar-refractivity contribution in [2.45, 2.75) is 19.6 Å². The van der Waals surface area contributed by atoms with Crippen molar-refractivity contribution in [3.63, 3.8) is 0 Å². The lowest BCUT2D eigenvalue weighted by Gasteiger charge is -2.28. The summed E-state index contributed by atoms with van der Waals surface area (Å²) in [6.07, 6.45) is 1.98. The second-order valence-corrected chi connectivity index (χ2v) is 7.07. The molecule has 5 nitrogen and oxygen atoms in total. The lowest BCUT2D eigenvalue weighted by atomic mass is 10.00. The lowest BCUT2D eigenvalue weighted by molar-refractivity contribution is 0.0698. The van der Waals surface area contributed by atoms with Gasteiger partial charge in [0.25, 0.3) is 5.91 Å². The van der Waals surface area contributed by atoms with Crippen molar-refractivity contribution >= 4 is 17.5 Å². The van der Waals surface area contributed by atoms with E-state index < -0.39 is 0 Å². The van der Waals surface area contributed by atoms with E-state index in [1.54, 1.807) is 17.0 Å². The van der Waals surface area contributed by atoms with Gasteiger partial charge in [-0.1, -0.05) is 48.0 Å². The fraction of sp³-hybridized carbons (Fsp3) is 0.182. The van der Waals surface area contributed by atoms with Gasteiger partial charge in [-0.25, -0.2) is 0 Å². The van der Waals surface area contributed by atoms with E-state index in [0.29, 0.717) is 18.1 Å². The molecule has 1 amide bonds. The zero-order valence-electron chi connectivity index (χ0n) is 15.1. The van der Waals surface area contributed by atoms with E-state index in [1.807, 2.05) is 30.3 Å². The molecule has 142 valence electrons. The quantitative estimate of drug-likeness (QED) is 0.668. The number of fused-ring (bicyclic) bond motifs is 1. The standard InChI is InChI=1S/C22H18ClNO4/c23-18-7-5-15(6-8-18)13-27-21-14-28-20(11-19(21)25)22(26)24-10-9-16-3-1-2-4-17(16)12-24/h1-8,11,14H,9-10,12-13H2. The Balaban J connectivity index is 1.44. The number of carbonyl (C=O) groups excluding carboxylic acids is 1. The Morgan fingerprint density at radius 1 is 1.11 bits per heavy atom. The Bertz CT molecular complexity index is 1060. The Morgan fingerprint density at radius 3 is 2.61 bits per heavy atom. The van der Waals surface area contributed by atoms with Gasteiger partial charge < -0.3 is 14.1 Å². The summed E-state index contributed by atoms with van der Waals surface area (Å²) in [4.78, 5) is 26.7. The van der Waals surface area contributed by atoms with Crippen LogP contribution >= 0.6 is 11.6 Å². The molecule has 2 heterocycles. The van der Waals surface area contributed by atoms with Crippen molar-refractivity contribution in [2.75, 3.05) is 6.54 Å². The molecule has 0 aliphatic carbocycles. The number of halogens is 1. The number of amides is 1. The molecular weight excluding hydrogens is 378 g/mol. The number of hydrogen-bond donors (Lipinski definition) is 0. The average Bonchev–Trinajstić information content (AvgIpc) is 2.73. The summed E-state index contributed by atoms with van der Waals surface area (Å²) >= 11 is 5.85. The fourth-order valence-electron chi connectivity index (χ4n) is 3.18. The maximum Gasteiger partial charge on any atom is 0.290 e. The molecule has 0 saturated heterocycles. The predicted molar refractivity (Wildman–Crippen MR) is 106 cm³/mol. The number of nitrogens with zero attached hydrogens (tertiary/aromatic N) is 1. The second-order valence-electron chi connectivity index (χ2n) is 6.63. The molecule has 0 bridgehead atoms. The Morgan fingerprint density at radius 2 is 1.86 bits per heavy atom. The third-order valence-corrected chi connectivity index (χ3v) is 4.99. The summed E-state index contributed by atoms with van der Waals surface area (Å²) in [6, 6.07) is 16.4. The third-order valence-electron chi connectivity index (χ3n) is 4.73. The van der Waals surface area contributed by atoms with Gasteiger partial charge >= 0.3 is 0 Å². The third kappa shape index (κ3) is 3.94. The molecule has 28 heavy (non-hydrogen) atoms.